The van der Waals surface area contributed by atoms with Crippen molar-refractivity contribution in [3.63, 3.8) is 0 Å². The van der Waals surface area contributed by atoms with Crippen LogP contribution >= 0.6 is 11.6 Å². The summed E-state index contributed by atoms with van der Waals surface area (Å²) in [6, 6.07) is 4.48. The Balaban J connectivity index is 2.34. The fourth-order valence-corrected chi connectivity index (χ4v) is 1.97. The Labute approximate surface area is 114 Å². The summed E-state index contributed by atoms with van der Waals surface area (Å²) in [7, 11) is 0. The smallest absolute Gasteiger partial charge is 0.275 e. The number of nitro benzene ring substituents is 1. The van der Waals surface area contributed by atoms with Gasteiger partial charge in [-0.3, -0.25) is 14.8 Å². The number of benzene rings is 1. The standard InChI is InChI=1S/C12H13ClN4O2/c1-8(14)9-5-15-16(6-9)7-10-11(13)3-2-4-12(10)17(18)19/h2-6,8H,7,14H2,1H3. The molecule has 2 rings (SSSR count). The van der Waals surface area contributed by atoms with Gasteiger partial charge in [0, 0.05) is 23.9 Å². The molecule has 0 aliphatic heterocycles. The molecule has 0 spiro atoms. The largest absolute Gasteiger partial charge is 0.324 e. The second kappa shape index (κ2) is 5.38. The molecule has 1 aromatic heterocycles. The molecule has 0 saturated carbocycles. The number of rotatable bonds is 4. The van der Waals surface area contributed by atoms with Crippen molar-refractivity contribution in [2.75, 3.05) is 0 Å². The summed E-state index contributed by atoms with van der Waals surface area (Å²) in [6.07, 6.45) is 3.41. The van der Waals surface area contributed by atoms with E-state index in [4.69, 9.17) is 17.3 Å². The molecule has 7 heteroatoms. The van der Waals surface area contributed by atoms with Crippen molar-refractivity contribution in [2.45, 2.75) is 19.5 Å². The minimum Gasteiger partial charge on any atom is -0.324 e. The maximum atomic E-state index is 11.0. The number of nitro groups is 1. The van der Waals surface area contributed by atoms with Crippen LogP contribution in [0.3, 0.4) is 0 Å². The van der Waals surface area contributed by atoms with Crippen LogP contribution in [0.5, 0.6) is 0 Å². The predicted molar refractivity (Wildman–Crippen MR) is 72.0 cm³/mol. The first kappa shape index (κ1) is 13.5. The fraction of sp³-hybridized carbons (Fsp3) is 0.250. The van der Waals surface area contributed by atoms with E-state index in [-0.39, 0.29) is 18.3 Å². The summed E-state index contributed by atoms with van der Waals surface area (Å²) in [5.41, 5.74) is 7.04. The fourth-order valence-electron chi connectivity index (χ4n) is 1.74. The first-order valence-electron chi connectivity index (χ1n) is 5.68. The Morgan fingerprint density at radius 3 is 2.89 bits per heavy atom. The minimum absolute atomic E-state index is 0.00894. The molecule has 1 atom stereocenters. The van der Waals surface area contributed by atoms with Crippen molar-refractivity contribution in [3.05, 3.63) is 56.9 Å². The van der Waals surface area contributed by atoms with Crippen LogP contribution in [-0.2, 0) is 6.54 Å². The van der Waals surface area contributed by atoms with Gasteiger partial charge in [0.2, 0.25) is 0 Å². The van der Waals surface area contributed by atoms with E-state index in [1.54, 1.807) is 29.2 Å². The Hall–Kier alpha value is -1.92. The van der Waals surface area contributed by atoms with Crippen LogP contribution in [-0.4, -0.2) is 14.7 Å². The highest BCUT2D eigenvalue weighted by Gasteiger charge is 2.17. The highest BCUT2D eigenvalue weighted by molar-refractivity contribution is 6.31. The number of halogens is 1. The van der Waals surface area contributed by atoms with Crippen LogP contribution in [0.15, 0.2) is 30.6 Å². The summed E-state index contributed by atoms with van der Waals surface area (Å²) < 4.78 is 1.59. The lowest BCUT2D eigenvalue weighted by Gasteiger charge is -2.05. The second-order valence-electron chi connectivity index (χ2n) is 4.25. The SMILES string of the molecule is CC(N)c1cnn(Cc2c(Cl)cccc2[N+](=O)[O-])c1. The van der Waals surface area contributed by atoms with Gasteiger partial charge in [-0.15, -0.1) is 0 Å². The maximum absolute atomic E-state index is 11.0. The lowest BCUT2D eigenvalue weighted by molar-refractivity contribution is -0.385. The molecular formula is C12H13ClN4O2. The average molecular weight is 281 g/mol. The Bertz CT molecular complexity index is 610. The monoisotopic (exact) mass is 280 g/mol. The second-order valence-corrected chi connectivity index (χ2v) is 4.66. The minimum atomic E-state index is -0.447. The van der Waals surface area contributed by atoms with E-state index in [2.05, 4.69) is 5.10 Å². The van der Waals surface area contributed by atoms with E-state index in [0.29, 0.717) is 10.6 Å². The third-order valence-electron chi connectivity index (χ3n) is 2.79. The molecule has 19 heavy (non-hydrogen) atoms. The number of hydrogen-bond donors (Lipinski definition) is 1. The number of nitrogens with two attached hydrogens (primary N) is 1. The quantitative estimate of drug-likeness (QED) is 0.688. The first-order valence-corrected chi connectivity index (χ1v) is 6.06. The molecule has 0 saturated heterocycles. The van der Waals surface area contributed by atoms with Gasteiger partial charge in [-0.05, 0) is 13.0 Å². The van der Waals surface area contributed by atoms with Crippen LogP contribution in [0.4, 0.5) is 5.69 Å². The van der Waals surface area contributed by atoms with Gasteiger partial charge in [-0.2, -0.15) is 5.10 Å². The molecular weight excluding hydrogens is 268 g/mol. The molecule has 0 bridgehead atoms. The molecule has 0 amide bonds. The van der Waals surface area contributed by atoms with Crippen molar-refractivity contribution in [1.82, 2.24) is 9.78 Å². The first-order chi connectivity index (χ1) is 8.99. The lowest BCUT2D eigenvalue weighted by Crippen LogP contribution is -2.05. The molecule has 0 radical (unpaired) electrons. The highest BCUT2D eigenvalue weighted by atomic mass is 35.5. The molecule has 0 aliphatic rings. The third kappa shape index (κ3) is 2.91. The van der Waals surface area contributed by atoms with Gasteiger partial charge in [0.1, 0.15) is 0 Å². The Morgan fingerprint density at radius 2 is 2.32 bits per heavy atom. The molecule has 1 heterocycles. The van der Waals surface area contributed by atoms with Crippen molar-refractivity contribution in [2.24, 2.45) is 5.73 Å². The molecule has 6 nitrogen and oxygen atoms in total. The molecule has 1 aromatic carbocycles. The van der Waals surface area contributed by atoms with Crippen molar-refractivity contribution < 1.29 is 4.92 Å². The van der Waals surface area contributed by atoms with Gasteiger partial charge >= 0.3 is 0 Å². The average Bonchev–Trinajstić information content (AvgIpc) is 2.80. The van der Waals surface area contributed by atoms with Gasteiger partial charge in [-0.25, -0.2) is 0 Å². The molecule has 0 fully saturated rings. The van der Waals surface area contributed by atoms with Gasteiger partial charge < -0.3 is 5.73 Å². The normalized spacial score (nSPS) is 12.4. The Morgan fingerprint density at radius 1 is 1.58 bits per heavy atom. The van der Waals surface area contributed by atoms with Crippen LogP contribution in [0.2, 0.25) is 5.02 Å². The van der Waals surface area contributed by atoms with Gasteiger partial charge in [0.15, 0.2) is 0 Å². The van der Waals surface area contributed by atoms with Gasteiger partial charge in [-0.1, -0.05) is 17.7 Å². The number of hydrogen-bond acceptors (Lipinski definition) is 4. The van der Waals surface area contributed by atoms with E-state index in [1.165, 1.54) is 6.07 Å². The van der Waals surface area contributed by atoms with Crippen LogP contribution < -0.4 is 5.73 Å². The summed E-state index contributed by atoms with van der Waals surface area (Å²) >= 11 is 6.02. The van der Waals surface area contributed by atoms with Crippen molar-refractivity contribution in [3.8, 4) is 0 Å². The van der Waals surface area contributed by atoms with E-state index < -0.39 is 4.92 Å². The van der Waals surface area contributed by atoms with Crippen molar-refractivity contribution >= 4 is 17.3 Å². The number of aromatic nitrogens is 2. The van der Waals surface area contributed by atoms with Crippen molar-refractivity contribution in [1.29, 1.82) is 0 Å². The zero-order valence-corrected chi connectivity index (χ0v) is 11.0. The van der Waals surface area contributed by atoms with E-state index in [1.807, 2.05) is 6.92 Å². The van der Waals surface area contributed by atoms with E-state index in [0.717, 1.165) is 5.56 Å². The molecule has 2 N–H and O–H groups in total. The summed E-state index contributed by atoms with van der Waals surface area (Å²) in [5, 5.41) is 15.5. The molecule has 100 valence electrons. The molecule has 0 aliphatic carbocycles. The third-order valence-corrected chi connectivity index (χ3v) is 3.14. The van der Waals surface area contributed by atoms with Crippen LogP contribution in [0.25, 0.3) is 0 Å². The van der Waals surface area contributed by atoms with Crippen LogP contribution in [0, 0.1) is 10.1 Å². The molecule has 2 aromatic rings. The summed E-state index contributed by atoms with van der Waals surface area (Å²) in [6.45, 7) is 2.09. The number of nitrogens with zero attached hydrogens (tertiary/aromatic N) is 3. The summed E-state index contributed by atoms with van der Waals surface area (Å²) in [4.78, 5) is 10.5. The van der Waals surface area contributed by atoms with Gasteiger partial charge in [0.25, 0.3) is 5.69 Å². The van der Waals surface area contributed by atoms with E-state index in [9.17, 15) is 10.1 Å². The topological polar surface area (TPSA) is 87.0 Å². The van der Waals surface area contributed by atoms with Gasteiger partial charge in [0.05, 0.1) is 28.3 Å². The lowest BCUT2D eigenvalue weighted by atomic mass is 10.2. The zero-order valence-electron chi connectivity index (χ0n) is 10.3. The van der Waals surface area contributed by atoms with E-state index >= 15 is 0 Å². The molecule has 1 unspecified atom stereocenters. The predicted octanol–water partition coefficient (Wildman–Crippen LogP) is 2.51. The Kier molecular flexibility index (Phi) is 3.82. The highest BCUT2D eigenvalue weighted by Crippen LogP contribution is 2.27. The maximum Gasteiger partial charge on any atom is 0.275 e. The zero-order chi connectivity index (χ0) is 14.0. The summed E-state index contributed by atoms with van der Waals surface area (Å²) in [5.74, 6) is 0. The van der Waals surface area contributed by atoms with Crippen LogP contribution in [0.1, 0.15) is 24.1 Å².